The van der Waals surface area contributed by atoms with Crippen LogP contribution in [0.25, 0.3) is 0 Å². The van der Waals surface area contributed by atoms with Gasteiger partial charge in [-0.1, -0.05) is 17.7 Å². The summed E-state index contributed by atoms with van der Waals surface area (Å²) in [4.78, 5) is 20.5. The van der Waals surface area contributed by atoms with Crippen molar-refractivity contribution >= 4 is 23.2 Å². The van der Waals surface area contributed by atoms with Crippen LogP contribution in [-0.2, 0) is 6.42 Å². The number of aromatic nitrogens is 2. The number of amides is 1. The smallest absolute Gasteiger partial charge is 0.271 e. The van der Waals surface area contributed by atoms with E-state index in [1.807, 2.05) is 25.1 Å². The molecule has 1 aromatic heterocycles. The fourth-order valence-electron chi connectivity index (χ4n) is 3.31. The summed E-state index contributed by atoms with van der Waals surface area (Å²) in [6.45, 7) is 1.85. The van der Waals surface area contributed by atoms with E-state index in [0.717, 1.165) is 37.8 Å². The number of carbonyl (C=O) groups is 1. The quantitative estimate of drug-likeness (QED) is 0.819. The second-order valence-corrected chi connectivity index (χ2v) is 7.20. The number of halogens is 1. The second kappa shape index (κ2) is 7.83. The van der Waals surface area contributed by atoms with Crippen LogP contribution in [0, 0.1) is 12.8 Å². The molecule has 1 fully saturated rings. The minimum atomic E-state index is -0.138. The molecule has 0 aliphatic heterocycles. The van der Waals surface area contributed by atoms with Crippen molar-refractivity contribution in [3.63, 3.8) is 0 Å². The molecule has 6 heteroatoms. The lowest BCUT2D eigenvalue weighted by molar-refractivity contribution is 0.0916. The largest absolute Gasteiger partial charge is 0.398 e. The Bertz CT molecular complexity index is 740. The lowest BCUT2D eigenvalue weighted by Crippen LogP contribution is -2.38. The molecule has 1 amide bonds. The molecule has 1 aliphatic carbocycles. The molecule has 1 aromatic carbocycles. The summed E-state index contributed by atoms with van der Waals surface area (Å²) in [5, 5.41) is 3.70. The zero-order chi connectivity index (χ0) is 17.8. The van der Waals surface area contributed by atoms with Gasteiger partial charge < -0.3 is 11.1 Å². The third kappa shape index (κ3) is 4.69. The number of nitrogen functional groups attached to an aromatic ring is 1. The summed E-state index contributed by atoms with van der Waals surface area (Å²) in [7, 11) is 0. The Morgan fingerprint density at radius 1 is 1.24 bits per heavy atom. The number of benzene rings is 1. The SMILES string of the molecule is Cc1cnc(C(=O)NC2CCC(Cc3ccc(N)c(Cl)c3)CC2)cn1. The first kappa shape index (κ1) is 17.7. The molecule has 0 spiro atoms. The maximum Gasteiger partial charge on any atom is 0.271 e. The monoisotopic (exact) mass is 358 g/mol. The highest BCUT2D eigenvalue weighted by atomic mass is 35.5. The highest BCUT2D eigenvalue weighted by Crippen LogP contribution is 2.29. The lowest BCUT2D eigenvalue weighted by Gasteiger charge is -2.29. The van der Waals surface area contributed by atoms with E-state index in [1.54, 1.807) is 6.20 Å². The molecular weight excluding hydrogens is 336 g/mol. The molecule has 3 rings (SSSR count). The molecule has 25 heavy (non-hydrogen) atoms. The van der Waals surface area contributed by atoms with Crippen LogP contribution in [-0.4, -0.2) is 21.9 Å². The zero-order valence-electron chi connectivity index (χ0n) is 14.3. The fourth-order valence-corrected chi connectivity index (χ4v) is 3.51. The molecule has 132 valence electrons. The van der Waals surface area contributed by atoms with E-state index in [0.29, 0.717) is 22.3 Å². The van der Waals surface area contributed by atoms with Crippen LogP contribution in [0.1, 0.15) is 47.4 Å². The molecule has 2 aromatic rings. The molecule has 0 radical (unpaired) electrons. The van der Waals surface area contributed by atoms with Crippen molar-refractivity contribution in [1.29, 1.82) is 0 Å². The molecule has 1 heterocycles. The Morgan fingerprint density at radius 3 is 2.64 bits per heavy atom. The third-order valence-corrected chi connectivity index (χ3v) is 5.11. The van der Waals surface area contributed by atoms with Crippen LogP contribution in [0.4, 0.5) is 5.69 Å². The first-order valence-corrected chi connectivity index (χ1v) is 9.02. The first-order chi connectivity index (χ1) is 12.0. The first-order valence-electron chi connectivity index (χ1n) is 8.64. The Balaban J connectivity index is 1.49. The van der Waals surface area contributed by atoms with E-state index in [1.165, 1.54) is 11.8 Å². The van der Waals surface area contributed by atoms with E-state index in [9.17, 15) is 4.79 Å². The highest BCUT2D eigenvalue weighted by Gasteiger charge is 2.23. The van der Waals surface area contributed by atoms with Crippen molar-refractivity contribution in [3.05, 3.63) is 52.6 Å². The van der Waals surface area contributed by atoms with Gasteiger partial charge in [-0.15, -0.1) is 0 Å². The summed E-state index contributed by atoms with van der Waals surface area (Å²) >= 11 is 6.10. The number of hydrogen-bond acceptors (Lipinski definition) is 4. The summed E-state index contributed by atoms with van der Waals surface area (Å²) in [5.41, 5.74) is 8.79. The second-order valence-electron chi connectivity index (χ2n) is 6.79. The minimum Gasteiger partial charge on any atom is -0.398 e. The Morgan fingerprint density at radius 2 is 2.00 bits per heavy atom. The van der Waals surface area contributed by atoms with Gasteiger partial charge in [-0.05, 0) is 62.6 Å². The number of aryl methyl sites for hydroxylation is 1. The average Bonchev–Trinajstić information content (AvgIpc) is 2.60. The standard InChI is InChI=1S/C19H23ClN4O/c1-12-10-23-18(11-22-12)19(25)24-15-5-2-13(3-6-15)8-14-4-7-17(21)16(20)9-14/h4,7,9-11,13,15H,2-3,5-6,8,21H2,1H3,(H,24,25). The summed E-state index contributed by atoms with van der Waals surface area (Å²) in [5.74, 6) is 0.480. The van der Waals surface area contributed by atoms with Gasteiger partial charge in [0.15, 0.2) is 0 Å². The Labute approximate surface area is 153 Å². The van der Waals surface area contributed by atoms with Crippen molar-refractivity contribution < 1.29 is 4.79 Å². The van der Waals surface area contributed by atoms with Gasteiger partial charge in [-0.3, -0.25) is 9.78 Å². The van der Waals surface area contributed by atoms with Crippen molar-refractivity contribution in [2.75, 3.05) is 5.73 Å². The van der Waals surface area contributed by atoms with Gasteiger partial charge in [0.25, 0.3) is 5.91 Å². The molecule has 0 unspecified atom stereocenters. The lowest BCUT2D eigenvalue weighted by atomic mass is 9.82. The van der Waals surface area contributed by atoms with E-state index < -0.39 is 0 Å². The van der Waals surface area contributed by atoms with E-state index >= 15 is 0 Å². The predicted octanol–water partition coefficient (Wildman–Crippen LogP) is 3.55. The maximum atomic E-state index is 12.2. The van der Waals surface area contributed by atoms with Crippen molar-refractivity contribution in [2.24, 2.45) is 5.92 Å². The number of nitrogens with zero attached hydrogens (tertiary/aromatic N) is 2. The molecular formula is C19H23ClN4O. The molecule has 0 atom stereocenters. The molecule has 1 saturated carbocycles. The summed E-state index contributed by atoms with van der Waals surface area (Å²) in [6, 6.07) is 6.08. The topological polar surface area (TPSA) is 80.9 Å². The summed E-state index contributed by atoms with van der Waals surface area (Å²) in [6.07, 6.45) is 8.30. The van der Waals surface area contributed by atoms with Gasteiger partial charge in [0.2, 0.25) is 0 Å². The van der Waals surface area contributed by atoms with Crippen LogP contribution >= 0.6 is 11.6 Å². The highest BCUT2D eigenvalue weighted by molar-refractivity contribution is 6.33. The van der Waals surface area contributed by atoms with Gasteiger partial charge in [-0.25, -0.2) is 4.98 Å². The maximum absolute atomic E-state index is 12.2. The van der Waals surface area contributed by atoms with E-state index in [2.05, 4.69) is 15.3 Å². The number of anilines is 1. The van der Waals surface area contributed by atoms with Gasteiger partial charge in [-0.2, -0.15) is 0 Å². The normalized spacial score (nSPS) is 20.2. The number of nitrogens with one attached hydrogen (secondary N) is 1. The fraction of sp³-hybridized carbons (Fsp3) is 0.421. The molecule has 0 saturated heterocycles. The van der Waals surface area contributed by atoms with Crippen LogP contribution in [0.15, 0.2) is 30.6 Å². The van der Waals surface area contributed by atoms with Crippen molar-refractivity contribution in [1.82, 2.24) is 15.3 Å². The van der Waals surface area contributed by atoms with Gasteiger partial charge >= 0.3 is 0 Å². The van der Waals surface area contributed by atoms with Crippen LogP contribution in [0.3, 0.4) is 0 Å². The van der Waals surface area contributed by atoms with E-state index in [4.69, 9.17) is 17.3 Å². The molecule has 3 N–H and O–H groups in total. The van der Waals surface area contributed by atoms with Gasteiger partial charge in [0.1, 0.15) is 5.69 Å². The molecule has 0 bridgehead atoms. The van der Waals surface area contributed by atoms with Gasteiger partial charge in [0.05, 0.1) is 22.6 Å². The summed E-state index contributed by atoms with van der Waals surface area (Å²) < 4.78 is 0. The predicted molar refractivity (Wildman–Crippen MR) is 99.5 cm³/mol. The minimum absolute atomic E-state index is 0.138. The van der Waals surface area contributed by atoms with E-state index in [-0.39, 0.29) is 11.9 Å². The van der Waals surface area contributed by atoms with Crippen molar-refractivity contribution in [3.8, 4) is 0 Å². The zero-order valence-corrected chi connectivity index (χ0v) is 15.1. The number of nitrogens with two attached hydrogens (primary N) is 1. The number of rotatable bonds is 4. The Hall–Kier alpha value is -2.14. The van der Waals surface area contributed by atoms with Crippen LogP contribution in [0.2, 0.25) is 5.02 Å². The molecule has 1 aliphatic rings. The van der Waals surface area contributed by atoms with Crippen LogP contribution in [0.5, 0.6) is 0 Å². The van der Waals surface area contributed by atoms with Crippen LogP contribution < -0.4 is 11.1 Å². The molecule has 5 nitrogen and oxygen atoms in total. The number of hydrogen-bond donors (Lipinski definition) is 2. The van der Waals surface area contributed by atoms with Gasteiger partial charge in [0, 0.05) is 12.2 Å². The third-order valence-electron chi connectivity index (χ3n) is 4.78. The average molecular weight is 359 g/mol. The Kier molecular flexibility index (Phi) is 5.53. The van der Waals surface area contributed by atoms with Crippen molar-refractivity contribution in [2.45, 2.75) is 45.1 Å². The number of carbonyl (C=O) groups excluding carboxylic acids is 1.